The zero-order valence-electron chi connectivity index (χ0n) is 32.1. The zero-order chi connectivity index (χ0) is 32.4. The van der Waals surface area contributed by atoms with Gasteiger partial charge in [0, 0.05) is 0 Å². The first-order valence-corrected chi connectivity index (χ1v) is 54.3. The molecule has 1 nitrogen and oxygen atoms in total. The van der Waals surface area contributed by atoms with Gasteiger partial charge >= 0.3 is 277 Å². The van der Waals surface area contributed by atoms with E-state index in [1.54, 1.807) is 38.5 Å². The average molecular weight is 774 g/mol. The molecule has 5 rings (SSSR count). The van der Waals surface area contributed by atoms with E-state index in [-0.39, 0.29) is 0 Å². The van der Waals surface area contributed by atoms with Gasteiger partial charge in [0.25, 0.3) is 0 Å². The molecule has 0 N–H and O–H groups in total. The summed E-state index contributed by atoms with van der Waals surface area (Å²) < 4.78 is 9.09. The van der Waals surface area contributed by atoms with Gasteiger partial charge < -0.3 is 0 Å². The molecule has 2 unspecified atom stereocenters. The molecule has 0 amide bonds. The normalized spacial score (nSPS) is 36.7. The molecule has 1 saturated heterocycles. The minimum absolute atomic E-state index is 0.701. The van der Waals surface area contributed by atoms with Gasteiger partial charge in [0.1, 0.15) is 0 Å². The molecular weight excluding hydrogens is 698 g/mol. The molecule has 0 spiro atoms. The van der Waals surface area contributed by atoms with Gasteiger partial charge in [-0.25, -0.2) is 0 Å². The van der Waals surface area contributed by atoms with E-state index < -0.39 is 71.7 Å². The van der Waals surface area contributed by atoms with Crippen LogP contribution < -0.4 is 0 Å². The summed E-state index contributed by atoms with van der Waals surface area (Å²) in [5.74, 6) is 3.22. The third-order valence-corrected chi connectivity index (χ3v) is 226. The molecule has 5 aliphatic rings. The quantitative estimate of drug-likeness (QED) is 0.190. The summed E-state index contributed by atoms with van der Waals surface area (Å²) in [4.78, 5) is 0. The Morgan fingerprint density at radius 1 is 0.548 bits per heavy atom. The monoisotopic (exact) mass is 774 g/mol. The number of hydrogen-bond donors (Lipinski definition) is 0. The third-order valence-electron chi connectivity index (χ3n) is 14.7. The van der Waals surface area contributed by atoms with Gasteiger partial charge in [-0.1, -0.05) is 0 Å². The number of hydrogen-bond acceptors (Lipinski definition) is 1. The minimum atomic E-state index is -2.46. The summed E-state index contributed by atoms with van der Waals surface area (Å²) in [5.41, 5.74) is 0.701. The predicted octanol–water partition coefficient (Wildman–Crippen LogP) is 11.2. The van der Waals surface area contributed by atoms with Gasteiger partial charge in [-0.05, 0) is 0 Å². The Morgan fingerprint density at radius 2 is 0.881 bits per heavy atom. The Hall–Kier alpha value is 2.24. The molecule has 0 aromatic rings. The SMILES string of the molecule is C[CH2][Ge]([CH2]C)([CH2]C)[O][Si]1([Si](C)(C)C)C(C23CC4CC(CC(C4)C2)C3)[Si]([Si](C)(C)C)([Si](C)(C)C)[Si]1([Si](C)(C)C)[Si](C)(C)C. The number of rotatable bonds is 11. The predicted molar refractivity (Wildman–Crippen MR) is 217 cm³/mol. The van der Waals surface area contributed by atoms with Crippen LogP contribution in [0.2, 0.25) is 119 Å². The third kappa shape index (κ3) is 4.58. The molecule has 4 bridgehead atoms. The van der Waals surface area contributed by atoms with Crippen molar-refractivity contribution in [1.82, 2.24) is 0 Å². The summed E-state index contributed by atoms with van der Waals surface area (Å²) in [6.45, 7) is 51.2. The van der Waals surface area contributed by atoms with E-state index >= 15 is 0 Å². The van der Waals surface area contributed by atoms with Gasteiger partial charge in [0.2, 0.25) is 0 Å². The second kappa shape index (κ2) is 10.9. The van der Waals surface area contributed by atoms with Crippen LogP contribution in [0.4, 0.5) is 0 Å². The van der Waals surface area contributed by atoms with Crippen molar-refractivity contribution in [2.45, 2.75) is 178 Å². The van der Waals surface area contributed by atoms with Gasteiger partial charge in [0.05, 0.1) is 0 Å². The molecule has 4 aliphatic carbocycles. The second-order valence-electron chi connectivity index (χ2n) is 21.6. The van der Waals surface area contributed by atoms with Crippen LogP contribution in [0.25, 0.3) is 0 Å². The van der Waals surface area contributed by atoms with E-state index in [4.69, 9.17) is 3.45 Å². The van der Waals surface area contributed by atoms with Crippen molar-refractivity contribution in [3.63, 3.8) is 0 Å². The van der Waals surface area contributed by atoms with Crippen LogP contribution in [0.3, 0.4) is 0 Å². The molecular formula is C32H76GeOSi8. The fourth-order valence-corrected chi connectivity index (χ4v) is 461. The molecule has 4 saturated carbocycles. The van der Waals surface area contributed by atoms with Gasteiger partial charge in [-0.2, -0.15) is 0 Å². The van der Waals surface area contributed by atoms with Gasteiger partial charge in [-0.15, -0.1) is 0 Å². The Balaban J connectivity index is 2.29. The van der Waals surface area contributed by atoms with E-state index in [9.17, 15) is 0 Å². The van der Waals surface area contributed by atoms with E-state index in [0.717, 1.165) is 22.9 Å². The van der Waals surface area contributed by atoms with E-state index in [1.165, 1.54) is 15.8 Å². The van der Waals surface area contributed by atoms with Crippen LogP contribution in [0.5, 0.6) is 0 Å². The first-order chi connectivity index (χ1) is 18.7. The van der Waals surface area contributed by atoms with E-state index in [1.807, 2.05) is 0 Å². The van der Waals surface area contributed by atoms with Gasteiger partial charge in [-0.3, -0.25) is 0 Å². The van der Waals surface area contributed by atoms with Crippen LogP contribution in [0, 0.1) is 23.2 Å². The fraction of sp³-hybridized carbons (Fsp3) is 1.00. The summed E-state index contributed by atoms with van der Waals surface area (Å²) in [5, 5.41) is 5.44. The zero-order valence-corrected chi connectivity index (χ0v) is 42.2. The van der Waals surface area contributed by atoms with Crippen molar-refractivity contribution in [3.8, 4) is 0 Å². The summed E-state index contributed by atoms with van der Waals surface area (Å²) in [6.07, 6.45) is 8.06. The maximum absolute atomic E-state index is 9.09. The molecule has 42 heavy (non-hydrogen) atoms. The molecule has 2 atom stereocenters. The summed E-state index contributed by atoms with van der Waals surface area (Å²) in [6, 6.07) is 0. The standard InChI is InChI=1S/C32H76GeOSi8/c1-19-33(20-2,21-3)34-40(35(4,5)6)31(32-25-28-22-29(26-32)24-30(23-28)27-32)41(36(7,8)9,37(10,11)12)42(40,38(13,14)15)39(16,17)18/h28-31H,19-27H2,1-18H3. The van der Waals surface area contributed by atoms with Crippen molar-refractivity contribution in [3.05, 3.63) is 0 Å². The van der Waals surface area contributed by atoms with Crippen molar-refractivity contribution in [1.29, 1.82) is 0 Å². The Kier molecular flexibility index (Phi) is 9.59. The van der Waals surface area contributed by atoms with E-state index in [0.29, 0.717) is 5.41 Å². The van der Waals surface area contributed by atoms with Crippen LogP contribution >= 0.6 is 0 Å². The Bertz CT molecular complexity index is 952. The van der Waals surface area contributed by atoms with Crippen molar-refractivity contribution >= 4 is 71.7 Å². The van der Waals surface area contributed by atoms with Crippen molar-refractivity contribution in [2.75, 3.05) is 0 Å². The van der Waals surface area contributed by atoms with Crippen LogP contribution in [-0.2, 0) is 3.45 Å². The summed E-state index contributed by atoms with van der Waals surface area (Å²) >= 11 is -2.46. The molecule has 1 aliphatic heterocycles. The first-order valence-electron chi connectivity index (χ1n) is 18.4. The molecule has 0 aromatic carbocycles. The van der Waals surface area contributed by atoms with Crippen LogP contribution in [0.15, 0.2) is 0 Å². The molecule has 0 aromatic heterocycles. The second-order valence-corrected chi connectivity index (χ2v) is 119. The van der Waals surface area contributed by atoms with Crippen LogP contribution in [-0.4, -0.2) is 71.7 Å². The van der Waals surface area contributed by atoms with Crippen molar-refractivity contribution in [2.24, 2.45) is 23.2 Å². The van der Waals surface area contributed by atoms with Crippen molar-refractivity contribution < 1.29 is 3.45 Å². The molecule has 246 valence electrons. The van der Waals surface area contributed by atoms with Gasteiger partial charge in [0.15, 0.2) is 0 Å². The van der Waals surface area contributed by atoms with E-state index in [2.05, 4.69) is 119 Å². The first kappa shape index (κ1) is 37.1. The molecule has 5 fully saturated rings. The Morgan fingerprint density at radius 3 is 1.12 bits per heavy atom. The topological polar surface area (TPSA) is 9.23 Å². The molecule has 1 heterocycles. The maximum atomic E-state index is 9.09. The molecule has 10 heteroatoms. The fourth-order valence-electron chi connectivity index (χ4n) is 15.5. The average Bonchev–Trinajstić information content (AvgIpc) is 2.73. The molecule has 0 radical (unpaired) electrons. The summed E-state index contributed by atoms with van der Waals surface area (Å²) in [7, 11) is -9.66. The Labute approximate surface area is 274 Å². The van der Waals surface area contributed by atoms with Crippen LogP contribution in [0.1, 0.15) is 59.3 Å².